The first-order valence-corrected chi connectivity index (χ1v) is 5.55. The van der Waals surface area contributed by atoms with Crippen molar-refractivity contribution in [2.75, 3.05) is 0 Å². The van der Waals surface area contributed by atoms with Crippen molar-refractivity contribution in [1.29, 1.82) is 0 Å². The maximum Gasteiger partial charge on any atom is 0.328 e. The number of rotatable bonds is 4. The van der Waals surface area contributed by atoms with Gasteiger partial charge in [-0.1, -0.05) is 23.8 Å². The molecule has 0 aliphatic heterocycles. The summed E-state index contributed by atoms with van der Waals surface area (Å²) in [6.45, 7) is 3.46. The highest BCUT2D eigenvalue weighted by Gasteiger charge is 2.15. The molecule has 0 spiro atoms. The van der Waals surface area contributed by atoms with Gasteiger partial charge in [-0.2, -0.15) is 0 Å². The maximum absolute atomic E-state index is 11.8. The van der Waals surface area contributed by atoms with Crippen molar-refractivity contribution in [3.8, 4) is 0 Å². The second-order valence-electron chi connectivity index (χ2n) is 3.74. The number of aryl methyl sites for hydroxylation is 1. The van der Waals surface area contributed by atoms with Crippen LogP contribution in [0.1, 0.15) is 28.4 Å². The average molecular weight is 253 g/mol. The molecule has 0 bridgehead atoms. The third-order valence-corrected chi connectivity index (χ3v) is 2.44. The van der Waals surface area contributed by atoms with Gasteiger partial charge in [0.15, 0.2) is 5.78 Å². The minimum atomic E-state index is -1.05. The molecule has 1 rings (SSSR count). The fraction of sp³-hybridized carbons (Fsp3) is 0.231. The molecule has 0 heterocycles. The summed E-state index contributed by atoms with van der Waals surface area (Å²) in [5.74, 6) is -1.26. The Bertz CT molecular complexity index is 476. The zero-order chi connectivity index (χ0) is 13.0. The Hall–Kier alpha value is -1.61. The SMILES string of the molecule is Cc1ccc(C(=O)C(C)Cl)c(/C=C/C(=O)O)c1. The van der Waals surface area contributed by atoms with E-state index < -0.39 is 11.3 Å². The summed E-state index contributed by atoms with van der Waals surface area (Å²) in [4.78, 5) is 22.3. The number of ketones is 1. The molecule has 0 fully saturated rings. The van der Waals surface area contributed by atoms with Gasteiger partial charge in [0.05, 0.1) is 5.38 Å². The van der Waals surface area contributed by atoms with Gasteiger partial charge in [0.1, 0.15) is 0 Å². The molecule has 90 valence electrons. The minimum absolute atomic E-state index is 0.211. The Morgan fingerprint density at radius 3 is 2.59 bits per heavy atom. The van der Waals surface area contributed by atoms with E-state index in [0.29, 0.717) is 11.1 Å². The molecule has 1 unspecified atom stereocenters. The van der Waals surface area contributed by atoms with Crippen molar-refractivity contribution in [2.24, 2.45) is 0 Å². The number of carboxylic acids is 1. The van der Waals surface area contributed by atoms with Gasteiger partial charge in [-0.3, -0.25) is 4.79 Å². The Balaban J connectivity index is 3.21. The van der Waals surface area contributed by atoms with Crippen LogP contribution < -0.4 is 0 Å². The lowest BCUT2D eigenvalue weighted by Crippen LogP contribution is -2.12. The summed E-state index contributed by atoms with van der Waals surface area (Å²) in [6.07, 6.45) is 2.41. The van der Waals surface area contributed by atoms with Crippen LogP contribution in [0.15, 0.2) is 24.3 Å². The smallest absolute Gasteiger partial charge is 0.328 e. The van der Waals surface area contributed by atoms with Crippen LogP contribution in [0, 0.1) is 6.92 Å². The molecule has 0 radical (unpaired) electrons. The summed E-state index contributed by atoms with van der Waals surface area (Å²) in [7, 11) is 0. The van der Waals surface area contributed by atoms with E-state index in [1.807, 2.05) is 6.92 Å². The monoisotopic (exact) mass is 252 g/mol. The Labute approximate surface area is 105 Å². The van der Waals surface area contributed by atoms with Crippen LogP contribution in [0.4, 0.5) is 0 Å². The van der Waals surface area contributed by atoms with Crippen LogP contribution in [0.25, 0.3) is 6.08 Å². The molecule has 1 aromatic carbocycles. The van der Waals surface area contributed by atoms with Crippen LogP contribution in [0.3, 0.4) is 0 Å². The lowest BCUT2D eigenvalue weighted by molar-refractivity contribution is -0.131. The number of halogens is 1. The molecule has 0 aliphatic carbocycles. The van der Waals surface area contributed by atoms with Crippen molar-refractivity contribution in [3.05, 3.63) is 41.0 Å². The molecule has 0 saturated heterocycles. The van der Waals surface area contributed by atoms with E-state index in [1.165, 1.54) is 6.08 Å². The second-order valence-corrected chi connectivity index (χ2v) is 4.40. The highest BCUT2D eigenvalue weighted by molar-refractivity contribution is 6.34. The van der Waals surface area contributed by atoms with Crippen LogP contribution in [-0.2, 0) is 4.79 Å². The molecule has 1 aromatic rings. The zero-order valence-electron chi connectivity index (χ0n) is 9.61. The summed E-state index contributed by atoms with van der Waals surface area (Å²) in [5, 5.41) is 7.96. The number of carboxylic acid groups (broad SMARTS) is 1. The molecule has 4 heteroatoms. The molecule has 1 N–H and O–H groups in total. The third-order valence-electron chi connectivity index (χ3n) is 2.24. The molecule has 0 aromatic heterocycles. The number of alkyl halides is 1. The number of hydrogen-bond acceptors (Lipinski definition) is 2. The fourth-order valence-electron chi connectivity index (χ4n) is 1.42. The second kappa shape index (κ2) is 5.64. The number of aliphatic carboxylic acids is 1. The van der Waals surface area contributed by atoms with Crippen LogP contribution in [0.5, 0.6) is 0 Å². The Morgan fingerprint density at radius 1 is 1.41 bits per heavy atom. The van der Waals surface area contributed by atoms with Gasteiger partial charge >= 0.3 is 5.97 Å². The van der Waals surface area contributed by atoms with E-state index in [1.54, 1.807) is 25.1 Å². The topological polar surface area (TPSA) is 54.4 Å². The fourth-order valence-corrected chi connectivity index (χ4v) is 1.54. The van der Waals surface area contributed by atoms with E-state index in [4.69, 9.17) is 16.7 Å². The number of hydrogen-bond donors (Lipinski definition) is 1. The predicted molar refractivity (Wildman–Crippen MR) is 67.5 cm³/mol. The molecule has 3 nitrogen and oxygen atoms in total. The summed E-state index contributed by atoms with van der Waals surface area (Å²) in [5.41, 5.74) is 1.97. The van der Waals surface area contributed by atoms with Crippen molar-refractivity contribution in [1.82, 2.24) is 0 Å². The molecular weight excluding hydrogens is 240 g/mol. The van der Waals surface area contributed by atoms with E-state index in [-0.39, 0.29) is 5.78 Å². The molecule has 17 heavy (non-hydrogen) atoms. The highest BCUT2D eigenvalue weighted by Crippen LogP contribution is 2.17. The van der Waals surface area contributed by atoms with Gasteiger partial charge in [0, 0.05) is 11.6 Å². The van der Waals surface area contributed by atoms with Gasteiger partial charge < -0.3 is 5.11 Å². The lowest BCUT2D eigenvalue weighted by Gasteiger charge is -2.07. The Morgan fingerprint density at radius 2 is 2.06 bits per heavy atom. The van der Waals surface area contributed by atoms with Crippen molar-refractivity contribution in [3.63, 3.8) is 0 Å². The van der Waals surface area contributed by atoms with Gasteiger partial charge in [-0.25, -0.2) is 4.79 Å². The van der Waals surface area contributed by atoms with E-state index in [9.17, 15) is 9.59 Å². The van der Waals surface area contributed by atoms with Crippen LogP contribution in [-0.4, -0.2) is 22.2 Å². The number of carbonyl (C=O) groups is 2. The molecule has 1 atom stereocenters. The summed E-state index contributed by atoms with van der Waals surface area (Å²) < 4.78 is 0. The summed E-state index contributed by atoms with van der Waals surface area (Å²) in [6, 6.07) is 5.22. The van der Waals surface area contributed by atoms with Crippen molar-refractivity contribution in [2.45, 2.75) is 19.2 Å². The average Bonchev–Trinajstić information content (AvgIpc) is 2.25. The Kier molecular flexibility index (Phi) is 4.46. The van der Waals surface area contributed by atoms with Gasteiger partial charge in [-0.15, -0.1) is 11.6 Å². The minimum Gasteiger partial charge on any atom is -0.478 e. The largest absolute Gasteiger partial charge is 0.478 e. The van der Waals surface area contributed by atoms with Crippen molar-refractivity contribution >= 4 is 29.4 Å². The first-order chi connectivity index (χ1) is 7.91. The number of carbonyl (C=O) groups excluding carboxylic acids is 1. The van der Waals surface area contributed by atoms with Gasteiger partial charge in [-0.05, 0) is 25.5 Å². The number of benzene rings is 1. The third kappa shape index (κ3) is 3.71. The lowest BCUT2D eigenvalue weighted by atomic mass is 9.99. The molecular formula is C13H13ClO3. The van der Waals surface area contributed by atoms with E-state index in [2.05, 4.69) is 0 Å². The summed E-state index contributed by atoms with van der Waals surface area (Å²) >= 11 is 5.75. The normalized spacial score (nSPS) is 12.6. The molecule has 0 aliphatic rings. The van der Waals surface area contributed by atoms with Crippen molar-refractivity contribution < 1.29 is 14.7 Å². The predicted octanol–water partition coefficient (Wildman–Crippen LogP) is 2.90. The van der Waals surface area contributed by atoms with E-state index >= 15 is 0 Å². The zero-order valence-corrected chi connectivity index (χ0v) is 10.4. The maximum atomic E-state index is 11.8. The highest BCUT2D eigenvalue weighted by atomic mass is 35.5. The first-order valence-electron chi connectivity index (χ1n) is 5.11. The van der Waals surface area contributed by atoms with E-state index in [0.717, 1.165) is 11.6 Å². The quantitative estimate of drug-likeness (QED) is 0.509. The standard InChI is InChI=1S/C13H13ClO3/c1-8-3-5-11(13(17)9(2)14)10(7-8)4-6-12(15)16/h3-7,9H,1-2H3,(H,15,16)/b6-4+. The first kappa shape index (κ1) is 13.5. The molecule has 0 amide bonds. The molecule has 0 saturated carbocycles. The van der Waals surface area contributed by atoms with Crippen LogP contribution in [0.2, 0.25) is 0 Å². The van der Waals surface area contributed by atoms with Gasteiger partial charge in [0.25, 0.3) is 0 Å². The van der Waals surface area contributed by atoms with Gasteiger partial charge in [0.2, 0.25) is 0 Å². The van der Waals surface area contributed by atoms with Crippen LogP contribution >= 0.6 is 11.6 Å². The number of Topliss-reactive ketones (excluding diaryl/α,β-unsaturated/α-hetero) is 1.